The number of sulfonamides is 1. The minimum atomic E-state index is -4.71. The standard InChI is InChI=1S/C21H19F6N3O4S/c22-20(23,24)13-3-1-4-16(9-13)35(32,33)29-7-2-8-30-15(12-29)10-17(19(30)31)34-18-6-5-14(11-28-18)21(25,26)27/h1,3-6,9,11,15,17H,2,7-8,10,12H2/t15-,17+/m1/s1. The maximum atomic E-state index is 13.1. The molecule has 3 heterocycles. The van der Waals surface area contributed by atoms with Gasteiger partial charge in [0.1, 0.15) is 0 Å². The molecule has 2 aliphatic rings. The highest BCUT2D eigenvalue weighted by atomic mass is 32.2. The highest BCUT2D eigenvalue weighted by Gasteiger charge is 2.45. The smallest absolute Gasteiger partial charge is 0.417 e. The summed E-state index contributed by atoms with van der Waals surface area (Å²) in [6.45, 7) is 0.0356. The van der Waals surface area contributed by atoms with Crippen LogP contribution in [0.1, 0.15) is 24.0 Å². The van der Waals surface area contributed by atoms with E-state index >= 15 is 0 Å². The predicted molar refractivity (Wildman–Crippen MR) is 109 cm³/mol. The van der Waals surface area contributed by atoms with Gasteiger partial charge in [-0.05, 0) is 30.7 Å². The Morgan fingerprint density at radius 2 is 1.69 bits per heavy atom. The monoisotopic (exact) mass is 523 g/mol. The Bertz CT molecular complexity index is 1200. The minimum absolute atomic E-state index is 0.00480. The van der Waals surface area contributed by atoms with Crippen LogP contribution in [0.2, 0.25) is 0 Å². The van der Waals surface area contributed by atoms with Gasteiger partial charge in [-0.15, -0.1) is 0 Å². The van der Waals surface area contributed by atoms with E-state index < -0.39 is 56.5 Å². The molecule has 0 saturated carbocycles. The molecule has 0 bridgehead atoms. The van der Waals surface area contributed by atoms with Gasteiger partial charge in [0, 0.05) is 44.4 Å². The summed E-state index contributed by atoms with van der Waals surface area (Å²) in [4.78, 5) is 17.3. The molecule has 2 saturated heterocycles. The second-order valence-electron chi connectivity index (χ2n) is 8.15. The van der Waals surface area contributed by atoms with Crippen molar-refractivity contribution in [3.05, 3.63) is 53.7 Å². The Balaban J connectivity index is 1.50. The van der Waals surface area contributed by atoms with Crippen molar-refractivity contribution in [3.8, 4) is 5.88 Å². The molecule has 35 heavy (non-hydrogen) atoms. The van der Waals surface area contributed by atoms with Crippen molar-refractivity contribution < 1.29 is 44.3 Å². The van der Waals surface area contributed by atoms with Crippen LogP contribution in [-0.4, -0.2) is 60.3 Å². The molecule has 0 aliphatic carbocycles. The van der Waals surface area contributed by atoms with Crippen LogP contribution in [0.3, 0.4) is 0 Å². The maximum absolute atomic E-state index is 13.1. The lowest BCUT2D eigenvalue weighted by molar-refractivity contribution is -0.138. The molecule has 1 aromatic carbocycles. The van der Waals surface area contributed by atoms with E-state index in [0.29, 0.717) is 12.3 Å². The van der Waals surface area contributed by atoms with Gasteiger partial charge in [0.05, 0.1) is 16.0 Å². The number of ether oxygens (including phenoxy) is 1. The average molecular weight is 523 g/mol. The topological polar surface area (TPSA) is 79.8 Å². The van der Waals surface area contributed by atoms with Crippen molar-refractivity contribution >= 4 is 15.9 Å². The lowest BCUT2D eigenvalue weighted by atomic mass is 10.2. The summed E-state index contributed by atoms with van der Waals surface area (Å²) in [5, 5.41) is 0. The van der Waals surface area contributed by atoms with Crippen LogP contribution in [0, 0.1) is 0 Å². The molecule has 0 unspecified atom stereocenters. The maximum Gasteiger partial charge on any atom is 0.417 e. The van der Waals surface area contributed by atoms with Gasteiger partial charge in [0.25, 0.3) is 5.91 Å². The number of alkyl halides is 6. The fraction of sp³-hybridized carbons (Fsp3) is 0.429. The molecule has 2 fully saturated rings. The average Bonchev–Trinajstić information content (AvgIpc) is 2.94. The van der Waals surface area contributed by atoms with E-state index in [0.717, 1.165) is 34.6 Å². The summed E-state index contributed by atoms with van der Waals surface area (Å²) in [5.41, 5.74) is -2.07. The molecule has 14 heteroatoms. The first-order chi connectivity index (χ1) is 16.3. The highest BCUT2D eigenvalue weighted by molar-refractivity contribution is 7.89. The lowest BCUT2D eigenvalue weighted by Crippen LogP contribution is -2.41. The first kappa shape index (κ1) is 25.2. The van der Waals surface area contributed by atoms with Gasteiger partial charge >= 0.3 is 12.4 Å². The number of fused-ring (bicyclic) bond motifs is 1. The number of amides is 1. The summed E-state index contributed by atoms with van der Waals surface area (Å²) < 4.78 is 110. The third-order valence-electron chi connectivity index (χ3n) is 5.83. The molecular weight excluding hydrogens is 504 g/mol. The summed E-state index contributed by atoms with van der Waals surface area (Å²) in [6.07, 6.45) is -9.52. The van der Waals surface area contributed by atoms with Gasteiger partial charge in [0.2, 0.25) is 15.9 Å². The van der Waals surface area contributed by atoms with Crippen molar-refractivity contribution in [1.82, 2.24) is 14.2 Å². The largest absolute Gasteiger partial charge is 0.464 e. The fourth-order valence-electron chi connectivity index (χ4n) is 4.11. The zero-order chi connectivity index (χ0) is 25.6. The van der Waals surface area contributed by atoms with Crippen LogP contribution in [0.15, 0.2) is 47.5 Å². The molecule has 2 atom stereocenters. The molecule has 7 nitrogen and oxygen atoms in total. The Kier molecular flexibility index (Phi) is 6.47. The third-order valence-corrected chi connectivity index (χ3v) is 7.69. The van der Waals surface area contributed by atoms with Crippen molar-refractivity contribution in [2.45, 2.75) is 42.2 Å². The van der Waals surface area contributed by atoms with E-state index in [1.54, 1.807) is 0 Å². The normalized spacial score (nSPS) is 22.1. The van der Waals surface area contributed by atoms with Gasteiger partial charge in [-0.1, -0.05) is 6.07 Å². The summed E-state index contributed by atoms with van der Waals surface area (Å²) in [7, 11) is -4.28. The number of carbonyl (C=O) groups is 1. The first-order valence-corrected chi connectivity index (χ1v) is 11.9. The van der Waals surface area contributed by atoms with Gasteiger partial charge in [-0.3, -0.25) is 4.79 Å². The molecule has 4 rings (SSSR count). The van der Waals surface area contributed by atoms with Crippen molar-refractivity contribution in [1.29, 1.82) is 0 Å². The predicted octanol–water partition coefficient (Wildman–Crippen LogP) is 3.56. The number of hydrogen-bond donors (Lipinski definition) is 0. The van der Waals surface area contributed by atoms with Gasteiger partial charge < -0.3 is 9.64 Å². The second-order valence-corrected chi connectivity index (χ2v) is 10.1. The molecule has 0 N–H and O–H groups in total. The van der Waals surface area contributed by atoms with Crippen molar-refractivity contribution in [2.75, 3.05) is 19.6 Å². The number of rotatable bonds is 4. The molecule has 190 valence electrons. The number of pyridine rings is 1. The van der Waals surface area contributed by atoms with Gasteiger partial charge in [0.15, 0.2) is 6.10 Å². The lowest BCUT2D eigenvalue weighted by Gasteiger charge is -2.25. The molecule has 2 aromatic rings. The highest BCUT2D eigenvalue weighted by Crippen LogP contribution is 2.33. The number of halogens is 6. The summed E-state index contributed by atoms with van der Waals surface area (Å²) in [6, 6.07) is 4.57. The summed E-state index contributed by atoms with van der Waals surface area (Å²) in [5.74, 6) is -0.655. The van der Waals surface area contributed by atoms with Crippen LogP contribution in [-0.2, 0) is 27.2 Å². The Labute approximate surface area is 196 Å². The van der Waals surface area contributed by atoms with Crippen LogP contribution in [0.4, 0.5) is 26.3 Å². The van der Waals surface area contributed by atoms with Crippen molar-refractivity contribution in [3.63, 3.8) is 0 Å². The molecular formula is C21H19F6N3O4S. The quantitative estimate of drug-likeness (QED) is 0.573. The van der Waals surface area contributed by atoms with E-state index in [1.165, 1.54) is 4.90 Å². The van der Waals surface area contributed by atoms with Crippen LogP contribution < -0.4 is 4.74 Å². The fourth-order valence-corrected chi connectivity index (χ4v) is 5.67. The molecule has 0 spiro atoms. The van der Waals surface area contributed by atoms with Crippen LogP contribution in [0.25, 0.3) is 0 Å². The van der Waals surface area contributed by atoms with E-state index in [4.69, 9.17) is 4.74 Å². The Morgan fingerprint density at radius 3 is 2.31 bits per heavy atom. The Hall–Kier alpha value is -2.87. The molecule has 1 aromatic heterocycles. The first-order valence-electron chi connectivity index (χ1n) is 10.4. The molecule has 1 amide bonds. The SMILES string of the molecule is O=C1[C@@H](Oc2ccc(C(F)(F)F)cn2)C[C@@H]2CN(S(=O)(=O)c3cccc(C(F)(F)F)c3)CCCN12. The van der Waals surface area contributed by atoms with Crippen LogP contribution in [0.5, 0.6) is 5.88 Å². The van der Waals surface area contributed by atoms with E-state index in [2.05, 4.69) is 4.98 Å². The molecule has 2 aliphatic heterocycles. The number of aromatic nitrogens is 1. The Morgan fingerprint density at radius 1 is 0.971 bits per heavy atom. The van der Waals surface area contributed by atoms with Gasteiger partial charge in [-0.25, -0.2) is 13.4 Å². The van der Waals surface area contributed by atoms with E-state index in [9.17, 15) is 39.6 Å². The number of benzene rings is 1. The van der Waals surface area contributed by atoms with Crippen molar-refractivity contribution in [2.24, 2.45) is 0 Å². The number of carbonyl (C=O) groups excluding carboxylic acids is 1. The zero-order valence-electron chi connectivity index (χ0n) is 17.9. The van der Waals surface area contributed by atoms with E-state index in [1.807, 2.05) is 0 Å². The van der Waals surface area contributed by atoms with Crippen LogP contribution >= 0.6 is 0 Å². The third kappa shape index (κ3) is 5.22. The number of hydrogen-bond acceptors (Lipinski definition) is 5. The minimum Gasteiger partial charge on any atom is -0.464 e. The van der Waals surface area contributed by atoms with Gasteiger partial charge in [-0.2, -0.15) is 30.6 Å². The second kappa shape index (κ2) is 8.97. The molecule has 0 radical (unpaired) electrons. The van der Waals surface area contributed by atoms with E-state index in [-0.39, 0.29) is 38.4 Å². The zero-order valence-corrected chi connectivity index (χ0v) is 18.7. The number of nitrogens with zero attached hydrogens (tertiary/aromatic N) is 3. The summed E-state index contributed by atoms with van der Waals surface area (Å²) >= 11 is 0.